The van der Waals surface area contributed by atoms with E-state index in [1.54, 1.807) is 5.57 Å². The molecule has 5 heteroatoms. The van der Waals surface area contributed by atoms with Crippen LogP contribution in [0, 0.1) is 29.1 Å². The standard InChI is InChI=1S/C27H44O4S/c1-19(2)8-6-9-21(4)25-15-16-26-22(10-7-17-27(25,26)5)12-13-23-18-24(14-11-20(23)3)31-32(28,29)30/h12-13,19,21,24-26H,3,6-11,14-18H2,1-2,4-5H3,(H,28,29,30)/b22-12+,23-13-/t21-,24+,25-,26-,27-/m1/s1. The third-order valence-electron chi connectivity index (χ3n) is 8.59. The van der Waals surface area contributed by atoms with Crippen molar-refractivity contribution in [2.75, 3.05) is 0 Å². The first-order valence-corrected chi connectivity index (χ1v) is 14.1. The van der Waals surface area contributed by atoms with E-state index < -0.39 is 16.5 Å². The third kappa shape index (κ3) is 6.36. The minimum Gasteiger partial charge on any atom is -0.264 e. The van der Waals surface area contributed by atoms with Crippen molar-refractivity contribution in [1.82, 2.24) is 0 Å². The van der Waals surface area contributed by atoms with E-state index in [9.17, 15) is 8.42 Å². The van der Waals surface area contributed by atoms with Gasteiger partial charge in [0.1, 0.15) is 0 Å². The van der Waals surface area contributed by atoms with Crippen molar-refractivity contribution in [3.05, 3.63) is 35.5 Å². The summed E-state index contributed by atoms with van der Waals surface area (Å²) in [4.78, 5) is 0. The van der Waals surface area contributed by atoms with E-state index in [0.29, 0.717) is 30.6 Å². The van der Waals surface area contributed by atoms with E-state index >= 15 is 0 Å². The first-order valence-electron chi connectivity index (χ1n) is 12.7. The van der Waals surface area contributed by atoms with Crippen molar-refractivity contribution < 1.29 is 17.2 Å². The summed E-state index contributed by atoms with van der Waals surface area (Å²) in [6.07, 6.45) is 16.1. The molecule has 3 aliphatic rings. The molecule has 0 unspecified atom stereocenters. The van der Waals surface area contributed by atoms with E-state index in [1.165, 1.54) is 44.9 Å². The average molecular weight is 465 g/mol. The zero-order valence-corrected chi connectivity index (χ0v) is 21.4. The number of hydrogen-bond acceptors (Lipinski definition) is 3. The predicted molar refractivity (Wildman–Crippen MR) is 132 cm³/mol. The molecule has 3 fully saturated rings. The van der Waals surface area contributed by atoms with Crippen LogP contribution in [0.4, 0.5) is 0 Å². The number of rotatable bonds is 8. The summed E-state index contributed by atoms with van der Waals surface area (Å²) in [7, 11) is -4.42. The second-order valence-corrected chi connectivity index (χ2v) is 12.4. The summed E-state index contributed by atoms with van der Waals surface area (Å²) in [5.41, 5.74) is 4.08. The van der Waals surface area contributed by atoms with E-state index in [4.69, 9.17) is 8.74 Å². The summed E-state index contributed by atoms with van der Waals surface area (Å²) in [6, 6.07) is 0. The molecule has 3 saturated carbocycles. The largest absolute Gasteiger partial charge is 0.397 e. The molecular formula is C27H44O4S. The first-order chi connectivity index (χ1) is 15.0. The highest BCUT2D eigenvalue weighted by Gasteiger charge is 2.50. The first kappa shape index (κ1) is 25.7. The Bertz CT molecular complexity index is 838. The lowest BCUT2D eigenvalue weighted by atomic mass is 9.60. The molecule has 0 aromatic rings. The lowest BCUT2D eigenvalue weighted by Gasteiger charge is -2.44. The van der Waals surface area contributed by atoms with Gasteiger partial charge in [-0.05, 0) is 79.6 Å². The fourth-order valence-corrected chi connectivity index (χ4v) is 7.41. The Labute approximate surface area is 196 Å². The minimum atomic E-state index is -4.42. The van der Waals surface area contributed by atoms with Crippen LogP contribution in [-0.4, -0.2) is 19.1 Å². The third-order valence-corrected chi connectivity index (χ3v) is 9.11. The molecule has 0 aromatic carbocycles. The molecule has 0 aliphatic heterocycles. The van der Waals surface area contributed by atoms with Crippen LogP contribution in [0.2, 0.25) is 0 Å². The summed E-state index contributed by atoms with van der Waals surface area (Å²) >= 11 is 0. The maximum Gasteiger partial charge on any atom is 0.397 e. The van der Waals surface area contributed by atoms with Crippen molar-refractivity contribution in [1.29, 1.82) is 0 Å². The summed E-state index contributed by atoms with van der Waals surface area (Å²) in [5.74, 6) is 3.06. The predicted octanol–water partition coefficient (Wildman–Crippen LogP) is 7.45. The highest BCUT2D eigenvalue weighted by Crippen LogP contribution is 2.60. The molecular weight excluding hydrogens is 420 g/mol. The molecule has 4 nitrogen and oxygen atoms in total. The van der Waals surface area contributed by atoms with E-state index in [0.717, 1.165) is 35.3 Å². The molecule has 0 bridgehead atoms. The maximum absolute atomic E-state index is 11.1. The second-order valence-electron chi connectivity index (χ2n) is 11.3. The van der Waals surface area contributed by atoms with Crippen LogP contribution in [0.15, 0.2) is 35.5 Å². The highest BCUT2D eigenvalue weighted by molar-refractivity contribution is 7.80. The van der Waals surface area contributed by atoms with Gasteiger partial charge in [0.25, 0.3) is 0 Å². The van der Waals surface area contributed by atoms with Gasteiger partial charge >= 0.3 is 10.4 Å². The molecule has 5 atom stereocenters. The van der Waals surface area contributed by atoms with Gasteiger partial charge in [-0.3, -0.25) is 4.55 Å². The molecule has 0 heterocycles. The summed E-state index contributed by atoms with van der Waals surface area (Å²) in [6.45, 7) is 13.9. The van der Waals surface area contributed by atoms with Crippen molar-refractivity contribution in [2.45, 2.75) is 104 Å². The Morgan fingerprint density at radius 1 is 1.16 bits per heavy atom. The van der Waals surface area contributed by atoms with Crippen molar-refractivity contribution >= 4 is 10.4 Å². The Balaban J connectivity index is 1.70. The van der Waals surface area contributed by atoms with Crippen molar-refractivity contribution in [3.8, 4) is 0 Å². The van der Waals surface area contributed by atoms with Crippen molar-refractivity contribution in [3.63, 3.8) is 0 Å². The van der Waals surface area contributed by atoms with Gasteiger partial charge < -0.3 is 0 Å². The van der Waals surface area contributed by atoms with Crippen molar-refractivity contribution in [2.24, 2.45) is 29.1 Å². The quantitative estimate of drug-likeness (QED) is 0.379. The maximum atomic E-state index is 11.1. The SMILES string of the molecule is C=C1CC[C@H](OS(=O)(=O)O)C/C1=C/C=C1\CCC[C@@]2(C)[C@@H]1CC[C@@H]2[C@H](C)CCCC(C)C. The fourth-order valence-electron chi connectivity index (χ4n) is 6.90. The topological polar surface area (TPSA) is 63.6 Å². The molecule has 0 saturated heterocycles. The molecule has 0 spiro atoms. The zero-order chi connectivity index (χ0) is 23.5. The molecule has 1 N–H and O–H groups in total. The van der Waals surface area contributed by atoms with Crippen LogP contribution < -0.4 is 0 Å². The Morgan fingerprint density at radius 2 is 1.91 bits per heavy atom. The molecule has 3 rings (SSSR count). The lowest BCUT2D eigenvalue weighted by Crippen LogP contribution is -2.36. The minimum absolute atomic E-state index is 0.403. The van der Waals surface area contributed by atoms with Crippen LogP contribution in [-0.2, 0) is 14.6 Å². The smallest absolute Gasteiger partial charge is 0.264 e. The van der Waals surface area contributed by atoms with Gasteiger partial charge in [-0.2, -0.15) is 8.42 Å². The molecule has 32 heavy (non-hydrogen) atoms. The van der Waals surface area contributed by atoms with E-state index in [2.05, 4.69) is 46.4 Å². The van der Waals surface area contributed by atoms with Gasteiger partial charge in [-0.1, -0.05) is 76.8 Å². The van der Waals surface area contributed by atoms with Gasteiger partial charge in [0, 0.05) is 6.42 Å². The Morgan fingerprint density at radius 3 is 2.59 bits per heavy atom. The van der Waals surface area contributed by atoms with Gasteiger partial charge in [0.2, 0.25) is 0 Å². The Hall–Kier alpha value is -0.910. The van der Waals surface area contributed by atoms with Crippen LogP contribution in [0.1, 0.15) is 98.3 Å². The van der Waals surface area contributed by atoms with Crippen LogP contribution in [0.25, 0.3) is 0 Å². The Kier molecular flexibility index (Phi) is 8.49. The van der Waals surface area contributed by atoms with Crippen LogP contribution >= 0.6 is 0 Å². The monoisotopic (exact) mass is 464 g/mol. The number of allylic oxidation sites excluding steroid dienone is 4. The highest BCUT2D eigenvalue weighted by atomic mass is 32.3. The number of fused-ring (bicyclic) bond motifs is 1. The number of hydrogen-bond donors (Lipinski definition) is 1. The fraction of sp³-hybridized carbons (Fsp3) is 0.778. The molecule has 3 aliphatic carbocycles. The molecule has 0 radical (unpaired) electrons. The lowest BCUT2D eigenvalue weighted by molar-refractivity contribution is 0.0929. The molecule has 182 valence electrons. The normalized spacial score (nSPS) is 34.9. The average Bonchev–Trinajstić information content (AvgIpc) is 3.04. The van der Waals surface area contributed by atoms with E-state index in [1.807, 2.05) is 0 Å². The molecule has 0 aromatic heterocycles. The van der Waals surface area contributed by atoms with Gasteiger partial charge in [-0.25, -0.2) is 4.18 Å². The summed E-state index contributed by atoms with van der Waals surface area (Å²) < 4.78 is 36.1. The van der Waals surface area contributed by atoms with Gasteiger partial charge in [-0.15, -0.1) is 0 Å². The van der Waals surface area contributed by atoms with E-state index in [-0.39, 0.29) is 0 Å². The second kappa shape index (κ2) is 10.6. The van der Waals surface area contributed by atoms with Crippen LogP contribution in [0.3, 0.4) is 0 Å². The molecule has 0 amide bonds. The van der Waals surface area contributed by atoms with Gasteiger partial charge in [0.05, 0.1) is 6.10 Å². The van der Waals surface area contributed by atoms with Gasteiger partial charge in [0.15, 0.2) is 0 Å². The zero-order valence-electron chi connectivity index (χ0n) is 20.6. The van der Waals surface area contributed by atoms with Crippen LogP contribution in [0.5, 0.6) is 0 Å². The summed E-state index contributed by atoms with van der Waals surface area (Å²) in [5, 5.41) is 0.